The molecule has 6 heteroatoms. The van der Waals surface area contributed by atoms with Crippen LogP contribution >= 0.6 is 0 Å². The molecule has 0 saturated carbocycles. The van der Waals surface area contributed by atoms with Crippen LogP contribution in [-0.4, -0.2) is 43.5 Å². The van der Waals surface area contributed by atoms with Gasteiger partial charge in [0.2, 0.25) is 0 Å². The molecule has 0 amide bonds. The van der Waals surface area contributed by atoms with Crippen LogP contribution in [0, 0.1) is 5.92 Å². The van der Waals surface area contributed by atoms with Gasteiger partial charge in [0, 0.05) is 6.92 Å². The van der Waals surface area contributed by atoms with E-state index < -0.39 is 24.3 Å². The molecule has 1 aliphatic heterocycles. The molecule has 0 spiro atoms. The van der Waals surface area contributed by atoms with Crippen LogP contribution in [0.15, 0.2) is 25.0 Å². The number of esters is 2. The molecule has 6 nitrogen and oxygen atoms in total. The van der Waals surface area contributed by atoms with E-state index in [0.29, 0.717) is 6.61 Å². The van der Waals surface area contributed by atoms with Crippen molar-refractivity contribution in [2.45, 2.75) is 39.1 Å². The lowest BCUT2D eigenvalue weighted by molar-refractivity contribution is -0.177. The second-order valence-electron chi connectivity index (χ2n) is 4.95. The number of rotatable bonds is 7. The second-order valence-corrected chi connectivity index (χ2v) is 4.95. The van der Waals surface area contributed by atoms with Gasteiger partial charge in [0.05, 0.1) is 18.8 Å². The predicted octanol–water partition coefficient (Wildman–Crippen LogP) is 1.60. The first-order valence-corrected chi connectivity index (χ1v) is 6.84. The summed E-state index contributed by atoms with van der Waals surface area (Å²) >= 11 is 0. The van der Waals surface area contributed by atoms with Crippen LogP contribution in [0.3, 0.4) is 0 Å². The van der Waals surface area contributed by atoms with Gasteiger partial charge >= 0.3 is 11.9 Å². The topological polar surface area (TPSA) is 71.1 Å². The maximum absolute atomic E-state index is 11.8. The highest BCUT2D eigenvalue weighted by atomic mass is 16.6. The SMILES string of the molecule is C=CCO[C@@H]1C=CO[C@H](COC(C)=O)[C@@H]1OC(=O)C(C)C. The first-order chi connectivity index (χ1) is 9.95. The van der Waals surface area contributed by atoms with Crippen LogP contribution in [0.1, 0.15) is 20.8 Å². The Balaban J connectivity index is 2.78. The van der Waals surface area contributed by atoms with Crippen LogP contribution in [0.5, 0.6) is 0 Å². The molecule has 0 radical (unpaired) electrons. The van der Waals surface area contributed by atoms with Gasteiger partial charge in [0.1, 0.15) is 12.7 Å². The third kappa shape index (κ3) is 5.59. The molecular weight excluding hydrogens is 276 g/mol. The number of hydrogen-bond donors (Lipinski definition) is 0. The highest BCUT2D eigenvalue weighted by Gasteiger charge is 2.37. The van der Waals surface area contributed by atoms with Gasteiger partial charge in [-0.15, -0.1) is 6.58 Å². The van der Waals surface area contributed by atoms with Crippen LogP contribution in [0.4, 0.5) is 0 Å². The Morgan fingerprint density at radius 3 is 2.71 bits per heavy atom. The summed E-state index contributed by atoms with van der Waals surface area (Å²) in [5.74, 6) is -1.06. The summed E-state index contributed by atoms with van der Waals surface area (Å²) in [7, 11) is 0. The van der Waals surface area contributed by atoms with E-state index in [4.69, 9.17) is 18.9 Å². The molecule has 0 saturated heterocycles. The molecule has 0 N–H and O–H groups in total. The molecule has 1 aliphatic rings. The van der Waals surface area contributed by atoms with Crippen molar-refractivity contribution in [3.63, 3.8) is 0 Å². The van der Waals surface area contributed by atoms with E-state index >= 15 is 0 Å². The Kier molecular flexibility index (Phi) is 6.94. The molecule has 1 rings (SSSR count). The van der Waals surface area contributed by atoms with Crippen molar-refractivity contribution in [1.29, 1.82) is 0 Å². The quantitative estimate of drug-likeness (QED) is 0.525. The van der Waals surface area contributed by atoms with Crippen molar-refractivity contribution >= 4 is 11.9 Å². The maximum atomic E-state index is 11.8. The van der Waals surface area contributed by atoms with Crippen LogP contribution in [0.25, 0.3) is 0 Å². The molecule has 3 atom stereocenters. The highest BCUT2D eigenvalue weighted by molar-refractivity contribution is 5.71. The van der Waals surface area contributed by atoms with E-state index in [0.717, 1.165) is 0 Å². The van der Waals surface area contributed by atoms with Crippen molar-refractivity contribution in [3.05, 3.63) is 25.0 Å². The molecule has 0 bridgehead atoms. The van der Waals surface area contributed by atoms with Crippen LogP contribution < -0.4 is 0 Å². The molecule has 0 aliphatic carbocycles. The number of carbonyl (C=O) groups is 2. The lowest BCUT2D eigenvalue weighted by atomic mass is 10.1. The maximum Gasteiger partial charge on any atom is 0.308 e. The first-order valence-electron chi connectivity index (χ1n) is 6.84. The summed E-state index contributed by atoms with van der Waals surface area (Å²) < 4.78 is 21.3. The van der Waals surface area contributed by atoms with E-state index in [2.05, 4.69) is 6.58 Å². The molecule has 0 unspecified atom stereocenters. The third-order valence-electron chi connectivity index (χ3n) is 2.79. The monoisotopic (exact) mass is 298 g/mol. The Bertz CT molecular complexity index is 401. The Labute approximate surface area is 124 Å². The van der Waals surface area contributed by atoms with E-state index in [1.54, 1.807) is 26.0 Å². The van der Waals surface area contributed by atoms with E-state index in [1.165, 1.54) is 13.2 Å². The van der Waals surface area contributed by atoms with Gasteiger partial charge in [0.25, 0.3) is 0 Å². The summed E-state index contributed by atoms with van der Waals surface area (Å²) in [6, 6.07) is 0. The zero-order valence-corrected chi connectivity index (χ0v) is 12.6. The van der Waals surface area contributed by atoms with Crippen molar-refractivity contribution in [2.24, 2.45) is 5.92 Å². The first kappa shape index (κ1) is 17.2. The van der Waals surface area contributed by atoms with E-state index in [1.807, 2.05) is 0 Å². The molecule has 0 fully saturated rings. The lowest BCUT2D eigenvalue weighted by Gasteiger charge is -2.34. The average molecular weight is 298 g/mol. The van der Waals surface area contributed by atoms with Gasteiger partial charge in [0.15, 0.2) is 12.2 Å². The fourth-order valence-electron chi connectivity index (χ4n) is 1.70. The fourth-order valence-corrected chi connectivity index (χ4v) is 1.70. The van der Waals surface area contributed by atoms with Gasteiger partial charge in [-0.2, -0.15) is 0 Å². The van der Waals surface area contributed by atoms with Gasteiger partial charge < -0.3 is 18.9 Å². The summed E-state index contributed by atoms with van der Waals surface area (Å²) in [5, 5.41) is 0. The second kappa shape index (κ2) is 8.46. The molecule has 0 aromatic heterocycles. The Hall–Kier alpha value is -1.82. The fraction of sp³-hybridized carbons (Fsp3) is 0.600. The largest absolute Gasteiger partial charge is 0.491 e. The van der Waals surface area contributed by atoms with Gasteiger partial charge in [-0.1, -0.05) is 19.9 Å². The zero-order valence-electron chi connectivity index (χ0n) is 12.6. The molecule has 118 valence electrons. The molecule has 0 aromatic rings. The minimum Gasteiger partial charge on any atom is -0.491 e. The molecular formula is C15H22O6. The summed E-state index contributed by atoms with van der Waals surface area (Å²) in [4.78, 5) is 22.8. The van der Waals surface area contributed by atoms with Crippen LogP contribution in [0.2, 0.25) is 0 Å². The zero-order chi connectivity index (χ0) is 15.8. The summed E-state index contributed by atoms with van der Waals surface area (Å²) in [5.41, 5.74) is 0. The molecule has 1 heterocycles. The van der Waals surface area contributed by atoms with Crippen molar-refractivity contribution < 1.29 is 28.5 Å². The number of carbonyl (C=O) groups excluding carboxylic acids is 2. The minimum absolute atomic E-state index is 0.0103. The molecule has 0 aromatic carbocycles. The van der Waals surface area contributed by atoms with Gasteiger partial charge in [-0.3, -0.25) is 9.59 Å². The predicted molar refractivity (Wildman–Crippen MR) is 75.3 cm³/mol. The van der Waals surface area contributed by atoms with Crippen molar-refractivity contribution in [1.82, 2.24) is 0 Å². The standard InChI is InChI=1S/C15H22O6/c1-5-7-18-12-6-8-19-13(9-20-11(4)16)14(12)21-15(17)10(2)3/h5-6,8,10,12-14H,1,7,9H2,2-4H3/t12-,13-,14-/m1/s1. The van der Waals surface area contributed by atoms with Gasteiger partial charge in [-0.25, -0.2) is 0 Å². The normalized spacial score (nSPS) is 24.3. The van der Waals surface area contributed by atoms with E-state index in [-0.39, 0.29) is 18.5 Å². The number of ether oxygens (including phenoxy) is 4. The van der Waals surface area contributed by atoms with Crippen LogP contribution in [-0.2, 0) is 28.5 Å². The van der Waals surface area contributed by atoms with Crippen molar-refractivity contribution in [2.75, 3.05) is 13.2 Å². The number of hydrogen-bond acceptors (Lipinski definition) is 6. The summed E-state index contributed by atoms with van der Waals surface area (Å²) in [6.45, 7) is 8.66. The third-order valence-corrected chi connectivity index (χ3v) is 2.79. The van der Waals surface area contributed by atoms with Gasteiger partial charge in [-0.05, 0) is 6.08 Å². The van der Waals surface area contributed by atoms with Crippen molar-refractivity contribution in [3.8, 4) is 0 Å². The minimum atomic E-state index is -0.677. The smallest absolute Gasteiger partial charge is 0.308 e. The molecule has 21 heavy (non-hydrogen) atoms. The highest BCUT2D eigenvalue weighted by Crippen LogP contribution is 2.21. The Morgan fingerprint density at radius 2 is 2.14 bits per heavy atom. The average Bonchev–Trinajstić information content (AvgIpc) is 2.44. The Morgan fingerprint density at radius 1 is 1.43 bits per heavy atom. The van der Waals surface area contributed by atoms with E-state index in [9.17, 15) is 9.59 Å². The summed E-state index contributed by atoms with van der Waals surface area (Å²) in [6.07, 6.45) is 2.97. The lowest BCUT2D eigenvalue weighted by Crippen LogP contribution is -2.47.